The molecule has 0 bridgehead atoms. The predicted molar refractivity (Wildman–Crippen MR) is 42.9 cm³/mol. The summed E-state index contributed by atoms with van der Waals surface area (Å²) in [4.78, 5) is 15.6. The van der Waals surface area contributed by atoms with Crippen molar-refractivity contribution in [2.75, 3.05) is 7.05 Å². The summed E-state index contributed by atoms with van der Waals surface area (Å²) in [5, 5.41) is 8.66. The Morgan fingerprint density at radius 3 is 3.00 bits per heavy atom. The molecule has 0 aliphatic carbocycles. The van der Waals surface area contributed by atoms with E-state index in [4.69, 9.17) is 5.11 Å². The summed E-state index contributed by atoms with van der Waals surface area (Å²) in [5.74, 6) is -0.882. The molecule has 64 valence electrons. The standard InChI is InChI=1S/C8H10N2O2/c1-10-3-5-2-6(8(11)12)9-7(5)4-10/h2,9H,3-4H2,1H3,(H,11,12). The van der Waals surface area contributed by atoms with Crippen molar-refractivity contribution in [1.29, 1.82) is 0 Å². The van der Waals surface area contributed by atoms with E-state index < -0.39 is 5.97 Å². The van der Waals surface area contributed by atoms with Gasteiger partial charge < -0.3 is 10.1 Å². The molecule has 0 saturated carbocycles. The van der Waals surface area contributed by atoms with E-state index in [0.29, 0.717) is 5.69 Å². The van der Waals surface area contributed by atoms with Crippen LogP contribution in [0.2, 0.25) is 0 Å². The molecular formula is C8H10N2O2. The van der Waals surface area contributed by atoms with Gasteiger partial charge in [0.1, 0.15) is 5.69 Å². The molecule has 0 aromatic carbocycles. The molecule has 2 N–H and O–H groups in total. The lowest BCUT2D eigenvalue weighted by Gasteiger charge is -2.04. The first-order chi connectivity index (χ1) is 5.66. The summed E-state index contributed by atoms with van der Waals surface area (Å²) in [6, 6.07) is 1.71. The SMILES string of the molecule is CN1Cc2cc(C(=O)O)[nH]c2C1. The van der Waals surface area contributed by atoms with Gasteiger partial charge >= 0.3 is 5.97 Å². The molecule has 2 heterocycles. The van der Waals surface area contributed by atoms with E-state index in [0.717, 1.165) is 24.3 Å². The lowest BCUT2D eigenvalue weighted by Crippen LogP contribution is -2.09. The quantitative estimate of drug-likeness (QED) is 0.644. The Morgan fingerprint density at radius 2 is 2.42 bits per heavy atom. The Kier molecular flexibility index (Phi) is 1.44. The Labute approximate surface area is 69.8 Å². The number of aromatic nitrogens is 1. The second-order valence-corrected chi connectivity index (χ2v) is 3.16. The van der Waals surface area contributed by atoms with Crippen molar-refractivity contribution >= 4 is 5.97 Å². The molecule has 1 aliphatic heterocycles. The molecule has 1 aromatic rings. The maximum absolute atomic E-state index is 10.5. The topological polar surface area (TPSA) is 56.3 Å². The van der Waals surface area contributed by atoms with Gasteiger partial charge in [0.15, 0.2) is 0 Å². The Hall–Kier alpha value is -1.29. The molecule has 1 aliphatic rings. The number of aromatic amines is 1. The van der Waals surface area contributed by atoms with Crippen molar-refractivity contribution < 1.29 is 9.90 Å². The Balaban J connectivity index is 2.34. The fourth-order valence-corrected chi connectivity index (χ4v) is 1.55. The van der Waals surface area contributed by atoms with Crippen LogP contribution in [0.25, 0.3) is 0 Å². The van der Waals surface area contributed by atoms with E-state index in [9.17, 15) is 4.79 Å². The molecule has 0 atom stereocenters. The highest BCUT2D eigenvalue weighted by molar-refractivity contribution is 5.86. The van der Waals surface area contributed by atoms with Crippen molar-refractivity contribution in [2.24, 2.45) is 0 Å². The predicted octanol–water partition coefficient (Wildman–Crippen LogP) is 0.658. The number of fused-ring (bicyclic) bond motifs is 1. The van der Waals surface area contributed by atoms with Crippen LogP contribution in [0.15, 0.2) is 6.07 Å². The highest BCUT2D eigenvalue weighted by Crippen LogP contribution is 2.21. The van der Waals surface area contributed by atoms with Crippen LogP contribution in [0.1, 0.15) is 21.7 Å². The van der Waals surface area contributed by atoms with E-state index in [1.807, 2.05) is 7.05 Å². The number of nitrogens with one attached hydrogen (secondary N) is 1. The van der Waals surface area contributed by atoms with Gasteiger partial charge in [0.05, 0.1) is 0 Å². The first-order valence-electron chi connectivity index (χ1n) is 3.79. The molecule has 0 saturated heterocycles. The number of aromatic carboxylic acids is 1. The number of rotatable bonds is 1. The number of carbonyl (C=O) groups is 1. The van der Waals surface area contributed by atoms with E-state index in [1.54, 1.807) is 6.07 Å². The Morgan fingerprint density at radius 1 is 1.67 bits per heavy atom. The van der Waals surface area contributed by atoms with Crippen molar-refractivity contribution in [2.45, 2.75) is 13.1 Å². The molecule has 2 rings (SSSR count). The monoisotopic (exact) mass is 166 g/mol. The number of carboxylic acids is 1. The second kappa shape index (κ2) is 2.35. The molecule has 1 aromatic heterocycles. The molecule has 4 nitrogen and oxygen atoms in total. The maximum Gasteiger partial charge on any atom is 0.352 e. The number of hydrogen-bond acceptors (Lipinski definition) is 2. The molecule has 0 radical (unpaired) electrons. The third-order valence-electron chi connectivity index (χ3n) is 2.09. The van der Waals surface area contributed by atoms with Crippen molar-refractivity contribution in [1.82, 2.24) is 9.88 Å². The van der Waals surface area contributed by atoms with Crippen molar-refractivity contribution in [3.8, 4) is 0 Å². The van der Waals surface area contributed by atoms with Crippen LogP contribution in [0.3, 0.4) is 0 Å². The first-order valence-corrected chi connectivity index (χ1v) is 3.79. The van der Waals surface area contributed by atoms with Crippen molar-refractivity contribution in [3.63, 3.8) is 0 Å². The van der Waals surface area contributed by atoms with Gasteiger partial charge in [-0.15, -0.1) is 0 Å². The van der Waals surface area contributed by atoms with E-state index in [2.05, 4.69) is 9.88 Å². The van der Waals surface area contributed by atoms with Gasteiger partial charge in [-0.05, 0) is 18.7 Å². The van der Waals surface area contributed by atoms with Gasteiger partial charge in [-0.2, -0.15) is 0 Å². The molecule has 0 spiro atoms. The minimum Gasteiger partial charge on any atom is -0.477 e. The fraction of sp³-hybridized carbons (Fsp3) is 0.375. The second-order valence-electron chi connectivity index (χ2n) is 3.16. The first kappa shape index (κ1) is 7.36. The third-order valence-corrected chi connectivity index (χ3v) is 2.09. The van der Waals surface area contributed by atoms with Gasteiger partial charge in [0.2, 0.25) is 0 Å². The number of H-pyrrole nitrogens is 1. The van der Waals surface area contributed by atoms with Gasteiger partial charge in [0, 0.05) is 18.8 Å². The smallest absolute Gasteiger partial charge is 0.352 e. The minimum atomic E-state index is -0.882. The van der Waals surface area contributed by atoms with Crippen LogP contribution in [-0.4, -0.2) is 28.0 Å². The number of hydrogen-bond donors (Lipinski definition) is 2. The lowest BCUT2D eigenvalue weighted by atomic mass is 10.3. The summed E-state index contributed by atoms with van der Waals surface area (Å²) >= 11 is 0. The van der Waals surface area contributed by atoms with Crippen LogP contribution >= 0.6 is 0 Å². The average Bonchev–Trinajstić information content (AvgIpc) is 2.42. The zero-order valence-electron chi connectivity index (χ0n) is 6.79. The zero-order chi connectivity index (χ0) is 8.72. The summed E-state index contributed by atoms with van der Waals surface area (Å²) in [5.41, 5.74) is 2.44. The molecule has 12 heavy (non-hydrogen) atoms. The molecular weight excluding hydrogens is 156 g/mol. The van der Waals surface area contributed by atoms with Gasteiger partial charge in [-0.25, -0.2) is 4.79 Å². The van der Waals surface area contributed by atoms with Gasteiger partial charge in [-0.3, -0.25) is 4.90 Å². The van der Waals surface area contributed by atoms with Crippen LogP contribution in [-0.2, 0) is 13.1 Å². The zero-order valence-corrected chi connectivity index (χ0v) is 6.79. The largest absolute Gasteiger partial charge is 0.477 e. The average molecular weight is 166 g/mol. The molecule has 0 fully saturated rings. The normalized spacial score (nSPS) is 16.4. The third kappa shape index (κ3) is 1.00. The minimum absolute atomic E-state index is 0.299. The van der Waals surface area contributed by atoms with Crippen LogP contribution in [0.4, 0.5) is 0 Å². The summed E-state index contributed by atoms with van der Waals surface area (Å²) < 4.78 is 0. The van der Waals surface area contributed by atoms with Crippen LogP contribution < -0.4 is 0 Å². The van der Waals surface area contributed by atoms with Crippen LogP contribution in [0, 0.1) is 0 Å². The van der Waals surface area contributed by atoms with Crippen molar-refractivity contribution in [3.05, 3.63) is 23.0 Å². The molecule has 0 amide bonds. The molecule has 4 heteroatoms. The lowest BCUT2D eigenvalue weighted by molar-refractivity contribution is 0.0690. The highest BCUT2D eigenvalue weighted by Gasteiger charge is 2.20. The van der Waals surface area contributed by atoms with E-state index in [-0.39, 0.29) is 0 Å². The summed E-state index contributed by atoms with van der Waals surface area (Å²) in [7, 11) is 2.01. The van der Waals surface area contributed by atoms with Gasteiger partial charge in [0.25, 0.3) is 0 Å². The molecule has 0 unspecified atom stereocenters. The summed E-state index contributed by atoms with van der Waals surface area (Å²) in [6.45, 7) is 1.67. The number of carboxylic acid groups (broad SMARTS) is 1. The van der Waals surface area contributed by atoms with Crippen LogP contribution in [0.5, 0.6) is 0 Å². The summed E-state index contributed by atoms with van der Waals surface area (Å²) in [6.07, 6.45) is 0. The van der Waals surface area contributed by atoms with Gasteiger partial charge in [-0.1, -0.05) is 0 Å². The maximum atomic E-state index is 10.5. The fourth-order valence-electron chi connectivity index (χ4n) is 1.55. The van der Waals surface area contributed by atoms with E-state index in [1.165, 1.54) is 0 Å². The number of nitrogens with zero attached hydrogens (tertiary/aromatic N) is 1. The highest BCUT2D eigenvalue weighted by atomic mass is 16.4. The Bertz CT molecular complexity index is 306. The van der Waals surface area contributed by atoms with E-state index >= 15 is 0 Å².